The smallest absolute Gasteiger partial charge is 0.311 e. The molecule has 0 aromatic heterocycles. The summed E-state index contributed by atoms with van der Waals surface area (Å²) in [7, 11) is 0. The second kappa shape index (κ2) is 4.13. The number of aliphatic carboxylic acids is 1. The van der Waals surface area contributed by atoms with E-state index in [9.17, 15) is 19.5 Å². The third kappa shape index (κ3) is 2.06. The van der Waals surface area contributed by atoms with Crippen molar-refractivity contribution in [2.45, 2.75) is 52.5 Å². The van der Waals surface area contributed by atoms with E-state index >= 15 is 0 Å². The Morgan fingerprint density at radius 1 is 1.12 bits per heavy atom. The maximum Gasteiger partial charge on any atom is 0.311 e. The first-order valence-electron chi connectivity index (χ1n) is 5.71. The van der Waals surface area contributed by atoms with Crippen molar-refractivity contribution in [3.05, 3.63) is 0 Å². The summed E-state index contributed by atoms with van der Waals surface area (Å²) in [4.78, 5) is 36.1. The lowest BCUT2D eigenvalue weighted by molar-refractivity contribution is -0.167. The molecule has 2 amide bonds. The monoisotopic (exact) mass is 241 g/mol. The van der Waals surface area contributed by atoms with Crippen molar-refractivity contribution < 1.29 is 19.5 Å². The Kier molecular flexibility index (Phi) is 3.32. The molecule has 1 saturated heterocycles. The van der Waals surface area contributed by atoms with E-state index in [0.29, 0.717) is 19.3 Å². The Morgan fingerprint density at radius 2 is 1.53 bits per heavy atom. The molecule has 1 fully saturated rings. The van der Waals surface area contributed by atoms with Crippen molar-refractivity contribution in [1.82, 2.24) is 4.90 Å². The standard InChI is InChI=1S/C12H19NO4/c1-11(2,10(16)17)12(3,4)13-8(14)6-5-7-9(13)15/h5-7H2,1-4H3,(H,16,17). The lowest BCUT2D eigenvalue weighted by Gasteiger charge is -2.46. The van der Waals surface area contributed by atoms with Gasteiger partial charge in [0.15, 0.2) is 0 Å². The Balaban J connectivity index is 3.15. The van der Waals surface area contributed by atoms with E-state index < -0.39 is 16.9 Å². The molecule has 1 aliphatic heterocycles. The summed E-state index contributed by atoms with van der Waals surface area (Å²) in [5.74, 6) is -1.57. The highest BCUT2D eigenvalue weighted by atomic mass is 16.4. The average Bonchev–Trinajstić information content (AvgIpc) is 2.16. The topological polar surface area (TPSA) is 74.7 Å². The number of rotatable bonds is 3. The van der Waals surface area contributed by atoms with Gasteiger partial charge in [0.1, 0.15) is 0 Å². The van der Waals surface area contributed by atoms with Crippen molar-refractivity contribution in [2.24, 2.45) is 5.41 Å². The van der Waals surface area contributed by atoms with Gasteiger partial charge in [-0.05, 0) is 34.1 Å². The van der Waals surface area contributed by atoms with Gasteiger partial charge in [-0.1, -0.05) is 0 Å². The van der Waals surface area contributed by atoms with Crippen LogP contribution in [0.2, 0.25) is 0 Å². The normalized spacial score (nSPS) is 18.5. The van der Waals surface area contributed by atoms with Crippen LogP contribution in [0.3, 0.4) is 0 Å². The van der Waals surface area contributed by atoms with Gasteiger partial charge < -0.3 is 5.11 Å². The summed E-state index contributed by atoms with van der Waals surface area (Å²) < 4.78 is 0. The largest absolute Gasteiger partial charge is 0.481 e. The van der Waals surface area contributed by atoms with E-state index in [2.05, 4.69) is 0 Å². The number of carbonyl (C=O) groups excluding carboxylic acids is 2. The number of likely N-dealkylation sites (tertiary alicyclic amines) is 1. The Morgan fingerprint density at radius 3 is 1.88 bits per heavy atom. The van der Waals surface area contributed by atoms with Gasteiger partial charge in [0.25, 0.3) is 0 Å². The quantitative estimate of drug-likeness (QED) is 0.758. The van der Waals surface area contributed by atoms with Gasteiger partial charge >= 0.3 is 5.97 Å². The molecule has 0 bridgehead atoms. The van der Waals surface area contributed by atoms with Crippen LogP contribution >= 0.6 is 0 Å². The van der Waals surface area contributed by atoms with E-state index in [-0.39, 0.29) is 11.8 Å². The lowest BCUT2D eigenvalue weighted by atomic mass is 9.72. The molecule has 0 atom stereocenters. The molecular formula is C12H19NO4. The predicted molar refractivity (Wildman–Crippen MR) is 61.2 cm³/mol. The second-order valence-electron chi connectivity index (χ2n) is 5.47. The van der Waals surface area contributed by atoms with E-state index in [0.717, 1.165) is 4.90 Å². The van der Waals surface area contributed by atoms with Gasteiger partial charge in [-0.3, -0.25) is 19.3 Å². The molecule has 5 nitrogen and oxygen atoms in total. The van der Waals surface area contributed by atoms with E-state index in [1.807, 2.05) is 0 Å². The van der Waals surface area contributed by atoms with Crippen molar-refractivity contribution in [3.8, 4) is 0 Å². The molecular weight excluding hydrogens is 222 g/mol. The number of carboxylic acids is 1. The van der Waals surface area contributed by atoms with Crippen LogP contribution < -0.4 is 0 Å². The molecule has 0 aromatic carbocycles. The number of piperidine rings is 1. The molecule has 0 aliphatic carbocycles. The van der Waals surface area contributed by atoms with E-state index in [4.69, 9.17) is 0 Å². The highest BCUT2D eigenvalue weighted by Crippen LogP contribution is 2.38. The molecule has 1 aliphatic rings. The SMILES string of the molecule is CC(C)(C(=O)O)C(C)(C)N1C(=O)CCCC1=O. The average molecular weight is 241 g/mol. The molecule has 1 N–H and O–H groups in total. The minimum Gasteiger partial charge on any atom is -0.481 e. The Labute approximate surface area is 101 Å². The van der Waals surface area contributed by atoms with Gasteiger partial charge in [0.05, 0.1) is 11.0 Å². The lowest BCUT2D eigenvalue weighted by Crippen LogP contribution is -2.62. The molecule has 0 unspecified atom stereocenters. The summed E-state index contributed by atoms with van der Waals surface area (Å²) >= 11 is 0. The zero-order chi connectivity index (χ0) is 13.4. The van der Waals surface area contributed by atoms with Gasteiger partial charge in [-0.25, -0.2) is 0 Å². The van der Waals surface area contributed by atoms with Gasteiger partial charge in [0.2, 0.25) is 11.8 Å². The number of hydrogen-bond acceptors (Lipinski definition) is 3. The van der Waals surface area contributed by atoms with Crippen LogP contribution in [0.1, 0.15) is 47.0 Å². The van der Waals surface area contributed by atoms with Gasteiger partial charge in [-0.15, -0.1) is 0 Å². The minimum absolute atomic E-state index is 0.277. The number of carbonyl (C=O) groups is 3. The third-order valence-corrected chi connectivity index (χ3v) is 3.90. The Hall–Kier alpha value is -1.39. The van der Waals surface area contributed by atoms with Gasteiger partial charge in [0, 0.05) is 12.8 Å². The maximum absolute atomic E-state index is 11.8. The minimum atomic E-state index is -1.18. The first-order valence-corrected chi connectivity index (χ1v) is 5.71. The molecule has 1 heterocycles. The van der Waals surface area contributed by atoms with E-state index in [1.165, 1.54) is 13.8 Å². The molecule has 17 heavy (non-hydrogen) atoms. The van der Waals surface area contributed by atoms with Crippen LogP contribution in [-0.4, -0.2) is 33.3 Å². The fourth-order valence-electron chi connectivity index (χ4n) is 1.92. The highest BCUT2D eigenvalue weighted by Gasteiger charge is 2.51. The fraction of sp³-hybridized carbons (Fsp3) is 0.750. The predicted octanol–water partition coefficient (Wildman–Crippen LogP) is 1.41. The molecule has 96 valence electrons. The first kappa shape index (κ1) is 13.7. The summed E-state index contributed by atoms with van der Waals surface area (Å²) in [6.45, 7) is 6.32. The third-order valence-electron chi connectivity index (χ3n) is 3.90. The van der Waals surface area contributed by atoms with Crippen LogP contribution in [0.25, 0.3) is 0 Å². The molecule has 5 heteroatoms. The van der Waals surface area contributed by atoms with Crippen LogP contribution in [0.15, 0.2) is 0 Å². The summed E-state index contributed by atoms with van der Waals surface area (Å²) in [6.07, 6.45) is 1.17. The molecule has 1 rings (SSSR count). The van der Waals surface area contributed by atoms with E-state index in [1.54, 1.807) is 13.8 Å². The zero-order valence-electron chi connectivity index (χ0n) is 10.7. The van der Waals surface area contributed by atoms with Crippen LogP contribution in [0.5, 0.6) is 0 Å². The van der Waals surface area contributed by atoms with Crippen LogP contribution in [0, 0.1) is 5.41 Å². The van der Waals surface area contributed by atoms with Crippen LogP contribution in [-0.2, 0) is 14.4 Å². The number of imide groups is 1. The van der Waals surface area contributed by atoms with Crippen molar-refractivity contribution in [1.29, 1.82) is 0 Å². The Bertz CT molecular complexity index is 355. The summed E-state index contributed by atoms with van der Waals surface area (Å²) in [6, 6.07) is 0. The zero-order valence-corrected chi connectivity index (χ0v) is 10.7. The molecule has 0 radical (unpaired) electrons. The number of nitrogens with zero attached hydrogens (tertiary/aromatic N) is 1. The number of hydrogen-bond donors (Lipinski definition) is 1. The van der Waals surface area contributed by atoms with Gasteiger partial charge in [-0.2, -0.15) is 0 Å². The number of carboxylic acid groups (broad SMARTS) is 1. The summed E-state index contributed by atoms with van der Waals surface area (Å²) in [5.41, 5.74) is -2.22. The molecule has 0 saturated carbocycles. The maximum atomic E-state index is 11.8. The first-order chi connectivity index (χ1) is 7.62. The fourth-order valence-corrected chi connectivity index (χ4v) is 1.92. The highest BCUT2D eigenvalue weighted by molar-refractivity contribution is 5.99. The van der Waals surface area contributed by atoms with Crippen LogP contribution in [0.4, 0.5) is 0 Å². The molecule has 0 aromatic rings. The van der Waals surface area contributed by atoms with Crippen molar-refractivity contribution in [3.63, 3.8) is 0 Å². The van der Waals surface area contributed by atoms with Crippen molar-refractivity contribution in [2.75, 3.05) is 0 Å². The van der Waals surface area contributed by atoms with Crippen molar-refractivity contribution >= 4 is 17.8 Å². The molecule has 0 spiro atoms. The second-order valence-corrected chi connectivity index (χ2v) is 5.47. The summed E-state index contributed by atoms with van der Waals surface area (Å²) in [5, 5.41) is 9.23. The number of amides is 2.